The van der Waals surface area contributed by atoms with Gasteiger partial charge in [-0.25, -0.2) is 4.90 Å². The lowest BCUT2D eigenvalue weighted by Gasteiger charge is -2.46. The van der Waals surface area contributed by atoms with Gasteiger partial charge < -0.3 is 4.98 Å². The highest BCUT2D eigenvalue weighted by atomic mass is 16.2. The van der Waals surface area contributed by atoms with Gasteiger partial charge in [-0.3, -0.25) is 9.59 Å². The Labute approximate surface area is 207 Å². The number of aromatic nitrogens is 1. The van der Waals surface area contributed by atoms with Crippen LogP contribution in [0.1, 0.15) is 74.4 Å². The summed E-state index contributed by atoms with van der Waals surface area (Å²) in [4.78, 5) is 33.1. The van der Waals surface area contributed by atoms with Crippen LogP contribution in [0, 0.1) is 23.2 Å². The zero-order chi connectivity index (χ0) is 24.3. The Morgan fingerprint density at radius 2 is 1.60 bits per heavy atom. The first kappa shape index (κ1) is 22.3. The van der Waals surface area contributed by atoms with E-state index in [2.05, 4.69) is 56.1 Å². The van der Waals surface area contributed by atoms with Crippen molar-refractivity contribution in [1.29, 1.82) is 0 Å². The zero-order valence-electron chi connectivity index (χ0n) is 20.8. The molecule has 2 aromatic carbocycles. The minimum absolute atomic E-state index is 0.00721. The van der Waals surface area contributed by atoms with Gasteiger partial charge in [0, 0.05) is 23.7 Å². The van der Waals surface area contributed by atoms with Gasteiger partial charge in [0.2, 0.25) is 11.8 Å². The van der Waals surface area contributed by atoms with E-state index in [4.69, 9.17) is 0 Å². The van der Waals surface area contributed by atoms with Crippen molar-refractivity contribution < 1.29 is 9.59 Å². The number of carbonyl (C=O) groups excluding carboxylic acids is 2. The van der Waals surface area contributed by atoms with Crippen LogP contribution >= 0.6 is 0 Å². The second-order valence-corrected chi connectivity index (χ2v) is 11.8. The number of H-pyrrole nitrogens is 1. The molecule has 6 rings (SSSR count). The molecule has 2 aliphatic carbocycles. The fraction of sp³-hybridized carbons (Fsp3) is 0.419. The largest absolute Gasteiger partial charge is 0.361 e. The molecule has 1 saturated heterocycles. The maximum Gasteiger partial charge on any atom is 0.242 e. The molecule has 4 nitrogen and oxygen atoms in total. The quantitative estimate of drug-likeness (QED) is 0.452. The zero-order valence-corrected chi connectivity index (χ0v) is 20.8. The average molecular weight is 467 g/mol. The third-order valence-corrected chi connectivity index (χ3v) is 8.83. The average Bonchev–Trinajstić information content (AvgIpc) is 3.37. The van der Waals surface area contributed by atoms with Crippen LogP contribution in [-0.4, -0.2) is 16.8 Å². The summed E-state index contributed by atoms with van der Waals surface area (Å²) in [5.41, 5.74) is 5.55. The molecule has 0 radical (unpaired) electrons. The molecule has 0 bridgehead atoms. The maximum atomic E-state index is 14.0. The van der Waals surface area contributed by atoms with Gasteiger partial charge in [-0.05, 0) is 65.8 Å². The highest BCUT2D eigenvalue weighted by molar-refractivity contribution is 6.24. The summed E-state index contributed by atoms with van der Waals surface area (Å²) in [7, 11) is 0. The number of anilines is 1. The molecule has 1 aliphatic heterocycles. The predicted molar refractivity (Wildman–Crippen MR) is 138 cm³/mol. The SMILES string of the molecule is CC(C)(C)C1CC[C@H]2c3[nH]c(Cc4ccccc4)cc3[C@H]3C(=O)N(c4ccccc4)C(=O)[C@H]3[C@H]2C1. The number of benzene rings is 2. The van der Waals surface area contributed by atoms with E-state index < -0.39 is 5.92 Å². The number of imide groups is 1. The van der Waals surface area contributed by atoms with E-state index in [-0.39, 0.29) is 29.1 Å². The van der Waals surface area contributed by atoms with E-state index in [0.717, 1.165) is 30.5 Å². The minimum atomic E-state index is -0.390. The predicted octanol–water partition coefficient (Wildman–Crippen LogP) is 6.44. The fourth-order valence-corrected chi connectivity index (χ4v) is 7.05. The number of para-hydroxylation sites is 1. The lowest BCUT2D eigenvalue weighted by Crippen LogP contribution is -2.41. The first-order chi connectivity index (χ1) is 16.8. The van der Waals surface area contributed by atoms with E-state index in [9.17, 15) is 9.59 Å². The maximum absolute atomic E-state index is 14.0. The van der Waals surface area contributed by atoms with Crippen molar-refractivity contribution in [3.05, 3.63) is 89.2 Å². The normalized spacial score (nSPS) is 28.0. The van der Waals surface area contributed by atoms with Crippen LogP contribution in [-0.2, 0) is 16.0 Å². The molecule has 5 atom stereocenters. The first-order valence-electron chi connectivity index (χ1n) is 13.0. The van der Waals surface area contributed by atoms with E-state index >= 15 is 0 Å². The van der Waals surface area contributed by atoms with Gasteiger partial charge in [0.25, 0.3) is 0 Å². The van der Waals surface area contributed by atoms with Gasteiger partial charge in [-0.2, -0.15) is 0 Å². The van der Waals surface area contributed by atoms with Gasteiger partial charge in [-0.1, -0.05) is 69.3 Å². The summed E-state index contributed by atoms with van der Waals surface area (Å²) >= 11 is 0. The number of rotatable bonds is 3. The van der Waals surface area contributed by atoms with Gasteiger partial charge in [0.05, 0.1) is 17.5 Å². The van der Waals surface area contributed by atoms with Gasteiger partial charge in [0.1, 0.15) is 0 Å². The summed E-state index contributed by atoms with van der Waals surface area (Å²) in [5, 5.41) is 0. The van der Waals surface area contributed by atoms with Gasteiger partial charge >= 0.3 is 0 Å². The number of carbonyl (C=O) groups is 2. The molecular weight excluding hydrogens is 432 g/mol. The smallest absolute Gasteiger partial charge is 0.242 e. The minimum Gasteiger partial charge on any atom is -0.361 e. The van der Waals surface area contributed by atoms with Crippen LogP contribution in [0.25, 0.3) is 0 Å². The van der Waals surface area contributed by atoms with Crippen molar-refractivity contribution >= 4 is 17.5 Å². The molecule has 180 valence electrons. The Kier molecular flexibility index (Phi) is 5.24. The second-order valence-electron chi connectivity index (χ2n) is 11.8. The molecule has 3 aliphatic rings. The van der Waals surface area contributed by atoms with Crippen LogP contribution in [0.3, 0.4) is 0 Å². The Morgan fingerprint density at radius 3 is 2.29 bits per heavy atom. The number of amides is 2. The van der Waals surface area contributed by atoms with E-state index in [1.807, 2.05) is 36.4 Å². The lowest BCUT2D eigenvalue weighted by atomic mass is 9.57. The Bertz CT molecular complexity index is 1250. The van der Waals surface area contributed by atoms with Crippen molar-refractivity contribution in [2.45, 2.75) is 58.3 Å². The third kappa shape index (κ3) is 3.65. The van der Waals surface area contributed by atoms with Gasteiger partial charge in [0.15, 0.2) is 0 Å². The van der Waals surface area contributed by atoms with Crippen LogP contribution in [0.2, 0.25) is 0 Å². The molecule has 0 spiro atoms. The second kappa shape index (κ2) is 8.22. The number of fused-ring (bicyclic) bond motifs is 6. The lowest BCUT2D eigenvalue weighted by molar-refractivity contribution is -0.123. The van der Waals surface area contributed by atoms with E-state index in [1.54, 1.807) is 0 Å². The van der Waals surface area contributed by atoms with E-state index in [0.29, 0.717) is 17.5 Å². The Hall–Kier alpha value is -3.14. The summed E-state index contributed by atoms with van der Waals surface area (Å²) in [6.07, 6.45) is 4.04. The molecule has 2 fully saturated rings. The number of nitrogens with zero attached hydrogens (tertiary/aromatic N) is 1. The Morgan fingerprint density at radius 1 is 0.914 bits per heavy atom. The van der Waals surface area contributed by atoms with Crippen LogP contribution in [0.4, 0.5) is 5.69 Å². The van der Waals surface area contributed by atoms with E-state index in [1.165, 1.54) is 22.6 Å². The molecule has 2 amide bonds. The van der Waals surface area contributed by atoms with Crippen molar-refractivity contribution in [3.8, 4) is 0 Å². The van der Waals surface area contributed by atoms with Crippen molar-refractivity contribution in [2.24, 2.45) is 23.2 Å². The molecule has 4 heteroatoms. The molecular formula is C31H34N2O2. The molecule has 1 N–H and O–H groups in total. The van der Waals surface area contributed by atoms with Crippen molar-refractivity contribution in [3.63, 3.8) is 0 Å². The molecule has 2 heterocycles. The summed E-state index contributed by atoms with van der Waals surface area (Å²) < 4.78 is 0. The molecule has 1 unspecified atom stereocenters. The highest BCUT2D eigenvalue weighted by Crippen LogP contribution is 2.58. The fourth-order valence-electron chi connectivity index (χ4n) is 7.05. The first-order valence-corrected chi connectivity index (χ1v) is 13.0. The summed E-state index contributed by atoms with van der Waals surface area (Å²) in [6, 6.07) is 22.1. The summed E-state index contributed by atoms with van der Waals surface area (Å²) in [6.45, 7) is 6.94. The molecule has 35 heavy (non-hydrogen) atoms. The monoisotopic (exact) mass is 466 g/mol. The third-order valence-electron chi connectivity index (χ3n) is 8.83. The number of hydrogen-bond donors (Lipinski definition) is 1. The molecule has 1 aromatic heterocycles. The number of hydrogen-bond acceptors (Lipinski definition) is 2. The van der Waals surface area contributed by atoms with Crippen LogP contribution in [0.15, 0.2) is 66.7 Å². The standard InChI is InChI=1S/C31H34N2O2/c1-31(2,3)20-14-15-23-24(17-20)26-27(30(35)33(29(26)34)22-12-8-5-9-13-22)25-18-21(32-28(23)25)16-19-10-6-4-7-11-19/h4-13,18,20,23-24,26-27,32H,14-17H2,1-3H3/t20?,23-,24+,26+,27-/m1/s1. The number of nitrogens with one attached hydrogen (secondary N) is 1. The highest BCUT2D eigenvalue weighted by Gasteiger charge is 2.59. The van der Waals surface area contributed by atoms with Crippen LogP contribution < -0.4 is 4.90 Å². The summed E-state index contributed by atoms with van der Waals surface area (Å²) in [5.74, 6) is 0.324. The van der Waals surface area contributed by atoms with Crippen LogP contribution in [0.5, 0.6) is 0 Å². The van der Waals surface area contributed by atoms with Crippen molar-refractivity contribution in [1.82, 2.24) is 4.98 Å². The Balaban J connectivity index is 1.44. The molecule has 3 aromatic rings. The van der Waals surface area contributed by atoms with Gasteiger partial charge in [-0.15, -0.1) is 0 Å². The topological polar surface area (TPSA) is 53.2 Å². The molecule has 1 saturated carbocycles. The number of aromatic amines is 1. The van der Waals surface area contributed by atoms with Crippen molar-refractivity contribution in [2.75, 3.05) is 4.90 Å².